The van der Waals surface area contributed by atoms with Crippen LogP contribution < -0.4 is 14.5 Å². The lowest BCUT2D eigenvalue weighted by molar-refractivity contribution is -0.123. The summed E-state index contributed by atoms with van der Waals surface area (Å²) in [6.07, 6.45) is 3.95. The molecule has 4 atom stereocenters. The summed E-state index contributed by atoms with van der Waals surface area (Å²) in [6.45, 7) is 6.66. The molecule has 226 valence electrons. The van der Waals surface area contributed by atoms with Gasteiger partial charge in [-0.2, -0.15) is 0 Å². The molecule has 44 heavy (non-hydrogen) atoms. The summed E-state index contributed by atoms with van der Waals surface area (Å²) in [5.74, 6) is -2.94. The summed E-state index contributed by atoms with van der Waals surface area (Å²) in [5.41, 5.74) is 4.26. The molecule has 0 spiro atoms. The van der Waals surface area contributed by atoms with E-state index in [1.165, 1.54) is 17.0 Å². The van der Waals surface area contributed by atoms with Crippen LogP contribution >= 0.6 is 0 Å². The van der Waals surface area contributed by atoms with Gasteiger partial charge in [0.15, 0.2) is 23.1 Å². The van der Waals surface area contributed by atoms with Crippen molar-refractivity contribution in [1.82, 2.24) is 0 Å². The number of hydrogen-bond donors (Lipinski definition) is 1. The number of aromatic hydroxyl groups is 1. The molecular formula is C35H34N2O7. The summed E-state index contributed by atoms with van der Waals surface area (Å²) < 4.78 is 11.1. The molecule has 0 bridgehead atoms. The number of imide groups is 1. The Morgan fingerprint density at radius 2 is 1.68 bits per heavy atom. The van der Waals surface area contributed by atoms with Gasteiger partial charge in [-0.25, -0.2) is 0 Å². The Hall–Kier alpha value is -4.50. The molecular weight excluding hydrogens is 560 g/mol. The van der Waals surface area contributed by atoms with Crippen LogP contribution in [0.25, 0.3) is 0 Å². The number of carbonyl (C=O) groups is 4. The number of nitrogens with zero attached hydrogens (tertiary/aromatic N) is 2. The Balaban J connectivity index is 1.27. The number of hydrogen-bond acceptors (Lipinski definition) is 8. The van der Waals surface area contributed by atoms with E-state index >= 15 is 0 Å². The van der Waals surface area contributed by atoms with Gasteiger partial charge in [0.05, 0.1) is 37.3 Å². The van der Waals surface area contributed by atoms with Crippen LogP contribution in [0, 0.1) is 17.8 Å². The van der Waals surface area contributed by atoms with Crippen molar-refractivity contribution in [3.63, 3.8) is 0 Å². The van der Waals surface area contributed by atoms with Gasteiger partial charge in [-0.15, -0.1) is 0 Å². The molecule has 3 aliphatic carbocycles. The Kier molecular flexibility index (Phi) is 7.00. The third-order valence-corrected chi connectivity index (χ3v) is 9.66. The van der Waals surface area contributed by atoms with Crippen LogP contribution in [0.1, 0.15) is 38.2 Å². The van der Waals surface area contributed by atoms with Crippen molar-refractivity contribution in [2.45, 2.75) is 32.6 Å². The zero-order valence-corrected chi connectivity index (χ0v) is 24.7. The number of phenols is 1. The molecule has 1 N–H and O–H groups in total. The van der Waals surface area contributed by atoms with E-state index in [1.807, 2.05) is 37.3 Å². The van der Waals surface area contributed by atoms with Crippen molar-refractivity contribution >= 4 is 34.8 Å². The number of ketones is 2. The molecule has 9 heteroatoms. The molecule has 2 aromatic rings. The maximum absolute atomic E-state index is 14.2. The predicted molar refractivity (Wildman–Crippen MR) is 163 cm³/mol. The number of morpholine rings is 1. The topological polar surface area (TPSA) is 113 Å². The van der Waals surface area contributed by atoms with E-state index in [9.17, 15) is 24.3 Å². The zero-order chi connectivity index (χ0) is 30.7. The lowest BCUT2D eigenvalue weighted by atomic mass is 9.59. The van der Waals surface area contributed by atoms with Crippen molar-refractivity contribution in [2.75, 3.05) is 42.7 Å². The second kappa shape index (κ2) is 10.9. The van der Waals surface area contributed by atoms with Gasteiger partial charge in [-0.3, -0.25) is 24.1 Å². The quantitative estimate of drug-likeness (QED) is 0.311. The van der Waals surface area contributed by atoms with Crippen LogP contribution in [0.5, 0.6) is 11.5 Å². The largest absolute Gasteiger partial charge is 0.504 e. The molecule has 0 aromatic heterocycles. The van der Waals surface area contributed by atoms with Crippen molar-refractivity contribution in [3.8, 4) is 11.5 Å². The van der Waals surface area contributed by atoms with E-state index in [1.54, 1.807) is 19.1 Å². The first-order valence-corrected chi connectivity index (χ1v) is 15.2. The minimum atomic E-state index is -0.657. The van der Waals surface area contributed by atoms with E-state index in [2.05, 4.69) is 4.90 Å². The third kappa shape index (κ3) is 4.40. The summed E-state index contributed by atoms with van der Waals surface area (Å²) in [4.78, 5) is 58.6. The number of amides is 2. The van der Waals surface area contributed by atoms with E-state index in [0.717, 1.165) is 24.4 Å². The minimum absolute atomic E-state index is 0.0246. The maximum Gasteiger partial charge on any atom is 0.238 e. The smallest absolute Gasteiger partial charge is 0.238 e. The summed E-state index contributed by atoms with van der Waals surface area (Å²) in [7, 11) is 0. The second-order valence-corrected chi connectivity index (χ2v) is 12.0. The van der Waals surface area contributed by atoms with Gasteiger partial charge in [-0.1, -0.05) is 17.7 Å². The standard InChI is InChI=1S/C35H34N2O7/c1-3-44-29-17-20(4-11-27(29)38)30-23-9-10-24-31(25(23)18-26-32(30)28(39)16-19(2)33(26)40)35(42)37(34(24)41)22-7-5-21(6-8-22)36-12-14-43-15-13-36/h4-9,11,16-17,24-25,30-31,38H,3,10,12-15,18H2,1-2H3/t24-,25+,30-,31-/m0/s1. The van der Waals surface area contributed by atoms with E-state index < -0.39 is 23.7 Å². The summed E-state index contributed by atoms with van der Waals surface area (Å²) >= 11 is 0. The van der Waals surface area contributed by atoms with Crippen LogP contribution in [-0.4, -0.2) is 61.4 Å². The van der Waals surface area contributed by atoms with Crippen LogP contribution in [-0.2, 0) is 23.9 Å². The average molecular weight is 595 g/mol. The Labute approximate surface area is 255 Å². The Morgan fingerprint density at radius 3 is 2.41 bits per heavy atom. The lowest BCUT2D eigenvalue weighted by Crippen LogP contribution is -2.39. The first-order chi connectivity index (χ1) is 21.3. The number of Topliss-reactive ketones (excluding diaryl/α,β-unsaturated/α-hetero) is 1. The average Bonchev–Trinajstić information content (AvgIpc) is 3.30. The number of anilines is 2. The molecule has 2 aliphatic heterocycles. The SMILES string of the molecule is CCOc1cc([C@H]2C3=CC[C@@H]4C(=O)N(c5ccc(N6CCOCC6)cc5)C(=O)[C@@H]4[C@@H]3CC3=C2C(=O)C=C(C)C3=O)ccc1O. The van der Waals surface area contributed by atoms with Crippen LogP contribution in [0.15, 0.2) is 76.9 Å². The minimum Gasteiger partial charge on any atom is -0.504 e. The monoisotopic (exact) mass is 594 g/mol. The van der Waals surface area contributed by atoms with Crippen molar-refractivity contribution < 1.29 is 33.8 Å². The molecule has 9 nitrogen and oxygen atoms in total. The molecule has 0 saturated carbocycles. The maximum atomic E-state index is 14.2. The molecule has 2 heterocycles. The van der Waals surface area contributed by atoms with Gasteiger partial charge < -0.3 is 19.5 Å². The van der Waals surface area contributed by atoms with Gasteiger partial charge in [0.2, 0.25) is 11.8 Å². The fraction of sp³-hybridized carbons (Fsp3) is 0.371. The molecule has 7 rings (SSSR count). The van der Waals surface area contributed by atoms with Gasteiger partial charge in [0, 0.05) is 41.4 Å². The molecule has 0 radical (unpaired) electrons. The number of ether oxygens (including phenoxy) is 2. The highest BCUT2D eigenvalue weighted by atomic mass is 16.5. The fourth-order valence-electron chi connectivity index (χ4n) is 7.63. The van der Waals surface area contributed by atoms with Gasteiger partial charge in [-0.05, 0) is 80.6 Å². The van der Waals surface area contributed by atoms with Gasteiger partial charge in [0.25, 0.3) is 0 Å². The molecule has 0 unspecified atom stereocenters. The highest BCUT2D eigenvalue weighted by molar-refractivity contribution is 6.25. The van der Waals surface area contributed by atoms with Crippen LogP contribution in [0.3, 0.4) is 0 Å². The highest BCUT2D eigenvalue weighted by Crippen LogP contribution is 2.56. The van der Waals surface area contributed by atoms with Gasteiger partial charge >= 0.3 is 0 Å². The van der Waals surface area contributed by atoms with Crippen molar-refractivity contribution in [2.24, 2.45) is 17.8 Å². The first-order valence-electron chi connectivity index (χ1n) is 15.2. The van der Waals surface area contributed by atoms with E-state index in [4.69, 9.17) is 9.47 Å². The predicted octanol–water partition coefficient (Wildman–Crippen LogP) is 4.26. The van der Waals surface area contributed by atoms with Crippen LogP contribution in [0.2, 0.25) is 0 Å². The van der Waals surface area contributed by atoms with E-state index in [0.29, 0.717) is 54.2 Å². The number of carbonyl (C=O) groups excluding carboxylic acids is 4. The molecule has 2 aromatic carbocycles. The highest BCUT2D eigenvalue weighted by Gasteiger charge is 2.56. The second-order valence-electron chi connectivity index (χ2n) is 12.0. The summed E-state index contributed by atoms with van der Waals surface area (Å²) in [6, 6.07) is 12.5. The number of rotatable bonds is 5. The lowest BCUT2D eigenvalue weighted by Gasteiger charge is -2.42. The number of fused-ring (bicyclic) bond motifs is 3. The Morgan fingerprint density at radius 1 is 0.955 bits per heavy atom. The first kappa shape index (κ1) is 28.3. The normalized spacial score (nSPS) is 26.7. The molecule has 2 fully saturated rings. The number of benzene rings is 2. The molecule has 2 saturated heterocycles. The molecule has 5 aliphatic rings. The fourth-order valence-corrected chi connectivity index (χ4v) is 7.63. The van der Waals surface area contributed by atoms with E-state index in [-0.39, 0.29) is 41.3 Å². The van der Waals surface area contributed by atoms with Gasteiger partial charge in [0.1, 0.15) is 0 Å². The molecule has 2 amide bonds. The third-order valence-electron chi connectivity index (χ3n) is 9.66. The number of allylic oxidation sites excluding steroid dienone is 6. The Bertz CT molecular complexity index is 1680. The zero-order valence-electron chi connectivity index (χ0n) is 24.7. The van der Waals surface area contributed by atoms with Crippen molar-refractivity contribution in [1.29, 1.82) is 0 Å². The summed E-state index contributed by atoms with van der Waals surface area (Å²) in [5, 5.41) is 10.4. The van der Waals surface area contributed by atoms with Crippen LogP contribution in [0.4, 0.5) is 11.4 Å². The number of phenolic OH excluding ortho intramolecular Hbond substituents is 1. The van der Waals surface area contributed by atoms with Crippen molar-refractivity contribution in [3.05, 3.63) is 82.5 Å².